The zero-order valence-corrected chi connectivity index (χ0v) is 9.06. The van der Waals surface area contributed by atoms with E-state index in [0.29, 0.717) is 0 Å². The fraction of sp³-hybridized carbons (Fsp3) is 0.727. The Hall–Kier alpha value is -0.830. The van der Waals surface area contributed by atoms with Gasteiger partial charge in [-0.3, -0.25) is 5.10 Å². The number of aromatic nitrogens is 2. The maximum Gasteiger partial charge on any atom is 0.0638 e. The Labute approximate surface area is 85.3 Å². The van der Waals surface area contributed by atoms with E-state index in [-0.39, 0.29) is 0 Å². The van der Waals surface area contributed by atoms with Gasteiger partial charge in [0, 0.05) is 17.8 Å². The molecular weight excluding hydrogens is 174 g/mol. The van der Waals surface area contributed by atoms with Gasteiger partial charge in [0.15, 0.2) is 0 Å². The number of rotatable bonds is 5. The van der Waals surface area contributed by atoms with Crippen LogP contribution in [0.5, 0.6) is 0 Å². The number of aromatic amines is 1. The summed E-state index contributed by atoms with van der Waals surface area (Å²) < 4.78 is 0. The first-order valence-electron chi connectivity index (χ1n) is 5.48. The summed E-state index contributed by atoms with van der Waals surface area (Å²) in [5.74, 6) is 1.02. The molecule has 78 valence electrons. The van der Waals surface area contributed by atoms with Gasteiger partial charge >= 0.3 is 0 Å². The topological polar surface area (TPSA) is 40.7 Å². The second kappa shape index (κ2) is 4.13. The Morgan fingerprint density at radius 1 is 1.43 bits per heavy atom. The maximum absolute atomic E-state index is 4.18. The summed E-state index contributed by atoms with van der Waals surface area (Å²) in [5.41, 5.74) is 3.66. The van der Waals surface area contributed by atoms with Crippen molar-refractivity contribution in [1.29, 1.82) is 0 Å². The van der Waals surface area contributed by atoms with Gasteiger partial charge in [-0.05, 0) is 32.7 Å². The molecule has 2 N–H and O–H groups in total. The summed E-state index contributed by atoms with van der Waals surface area (Å²) >= 11 is 0. The van der Waals surface area contributed by atoms with E-state index in [0.717, 1.165) is 24.7 Å². The normalized spacial score (nSPS) is 16.1. The van der Waals surface area contributed by atoms with Crippen LogP contribution < -0.4 is 5.32 Å². The first kappa shape index (κ1) is 9.71. The lowest BCUT2D eigenvalue weighted by molar-refractivity contribution is 0.611. The summed E-state index contributed by atoms with van der Waals surface area (Å²) in [5, 5.41) is 10.7. The van der Waals surface area contributed by atoms with E-state index < -0.39 is 0 Å². The molecule has 1 aliphatic carbocycles. The zero-order valence-electron chi connectivity index (χ0n) is 9.06. The van der Waals surface area contributed by atoms with Crippen molar-refractivity contribution in [1.82, 2.24) is 15.5 Å². The second-order valence-electron chi connectivity index (χ2n) is 4.32. The number of nitrogens with zero attached hydrogens (tertiary/aromatic N) is 1. The van der Waals surface area contributed by atoms with Crippen LogP contribution in [0.25, 0.3) is 0 Å². The van der Waals surface area contributed by atoms with Gasteiger partial charge in [0.05, 0.1) is 5.69 Å². The molecule has 14 heavy (non-hydrogen) atoms. The van der Waals surface area contributed by atoms with Gasteiger partial charge in [0.25, 0.3) is 0 Å². The monoisotopic (exact) mass is 193 g/mol. The predicted molar refractivity (Wildman–Crippen MR) is 57.1 cm³/mol. The van der Waals surface area contributed by atoms with Crippen LogP contribution in [0, 0.1) is 19.8 Å². The van der Waals surface area contributed by atoms with Crippen LogP contribution in [-0.2, 0) is 6.54 Å². The van der Waals surface area contributed by atoms with E-state index >= 15 is 0 Å². The quantitative estimate of drug-likeness (QED) is 0.701. The summed E-state index contributed by atoms with van der Waals surface area (Å²) in [6.45, 7) is 6.24. The molecule has 1 aromatic heterocycles. The Morgan fingerprint density at radius 2 is 2.21 bits per heavy atom. The summed E-state index contributed by atoms with van der Waals surface area (Å²) in [6, 6.07) is 0. The van der Waals surface area contributed by atoms with Crippen LogP contribution in [0.15, 0.2) is 0 Å². The Balaban J connectivity index is 1.73. The van der Waals surface area contributed by atoms with E-state index in [1.165, 1.54) is 30.5 Å². The Bertz CT molecular complexity index is 280. The minimum absolute atomic E-state index is 0.959. The smallest absolute Gasteiger partial charge is 0.0638 e. The lowest BCUT2D eigenvalue weighted by Gasteiger charge is -2.03. The molecule has 0 aromatic carbocycles. The first-order chi connectivity index (χ1) is 6.77. The SMILES string of the molecule is Cc1n[nH]c(C)c1CNCCC1CC1. The van der Waals surface area contributed by atoms with E-state index in [1.807, 2.05) is 0 Å². The third-order valence-corrected chi connectivity index (χ3v) is 3.01. The highest BCUT2D eigenvalue weighted by atomic mass is 15.1. The van der Waals surface area contributed by atoms with Crippen molar-refractivity contribution in [3.8, 4) is 0 Å². The van der Waals surface area contributed by atoms with Gasteiger partial charge in [0.2, 0.25) is 0 Å². The molecule has 0 atom stereocenters. The molecule has 0 aliphatic heterocycles. The van der Waals surface area contributed by atoms with Crippen LogP contribution in [0.4, 0.5) is 0 Å². The number of H-pyrrole nitrogens is 1. The van der Waals surface area contributed by atoms with Crippen LogP contribution in [0.3, 0.4) is 0 Å². The van der Waals surface area contributed by atoms with Crippen LogP contribution in [0.1, 0.15) is 36.2 Å². The van der Waals surface area contributed by atoms with Crippen molar-refractivity contribution in [3.05, 3.63) is 17.0 Å². The fourth-order valence-electron chi connectivity index (χ4n) is 1.76. The van der Waals surface area contributed by atoms with Crippen molar-refractivity contribution < 1.29 is 0 Å². The highest BCUT2D eigenvalue weighted by Gasteiger charge is 2.20. The lowest BCUT2D eigenvalue weighted by Crippen LogP contribution is -2.16. The van der Waals surface area contributed by atoms with Crippen LogP contribution >= 0.6 is 0 Å². The molecule has 0 unspecified atom stereocenters. The van der Waals surface area contributed by atoms with Crippen LogP contribution in [0.2, 0.25) is 0 Å². The van der Waals surface area contributed by atoms with Gasteiger partial charge in [-0.2, -0.15) is 5.10 Å². The van der Waals surface area contributed by atoms with Crippen molar-refractivity contribution in [3.63, 3.8) is 0 Å². The molecular formula is C11H19N3. The molecule has 1 saturated carbocycles. The molecule has 0 bridgehead atoms. The molecule has 1 heterocycles. The lowest BCUT2D eigenvalue weighted by atomic mass is 10.2. The minimum atomic E-state index is 0.959. The van der Waals surface area contributed by atoms with Gasteiger partial charge in [-0.15, -0.1) is 0 Å². The third-order valence-electron chi connectivity index (χ3n) is 3.01. The van der Waals surface area contributed by atoms with Crippen molar-refractivity contribution in [2.75, 3.05) is 6.54 Å². The molecule has 2 rings (SSSR count). The Morgan fingerprint density at radius 3 is 2.79 bits per heavy atom. The second-order valence-corrected chi connectivity index (χ2v) is 4.32. The van der Waals surface area contributed by atoms with Crippen molar-refractivity contribution in [2.45, 2.75) is 39.7 Å². The molecule has 0 amide bonds. The maximum atomic E-state index is 4.18. The largest absolute Gasteiger partial charge is 0.313 e. The van der Waals surface area contributed by atoms with E-state index in [4.69, 9.17) is 0 Å². The summed E-state index contributed by atoms with van der Waals surface area (Å²) in [4.78, 5) is 0. The molecule has 1 fully saturated rings. The molecule has 1 aliphatic rings. The molecule has 0 spiro atoms. The first-order valence-corrected chi connectivity index (χ1v) is 5.48. The molecule has 1 aromatic rings. The molecule has 3 nitrogen and oxygen atoms in total. The minimum Gasteiger partial charge on any atom is -0.313 e. The van der Waals surface area contributed by atoms with E-state index in [1.54, 1.807) is 0 Å². The van der Waals surface area contributed by atoms with Crippen LogP contribution in [-0.4, -0.2) is 16.7 Å². The Kier molecular flexibility index (Phi) is 2.87. The molecule has 0 saturated heterocycles. The number of aryl methyl sites for hydroxylation is 2. The van der Waals surface area contributed by atoms with Crippen molar-refractivity contribution >= 4 is 0 Å². The van der Waals surface area contributed by atoms with Crippen molar-refractivity contribution in [2.24, 2.45) is 5.92 Å². The number of hydrogen-bond acceptors (Lipinski definition) is 2. The molecule has 3 heteroatoms. The summed E-state index contributed by atoms with van der Waals surface area (Å²) in [7, 11) is 0. The third kappa shape index (κ3) is 2.35. The highest BCUT2D eigenvalue weighted by molar-refractivity contribution is 5.22. The van der Waals surface area contributed by atoms with Gasteiger partial charge < -0.3 is 5.32 Å². The van der Waals surface area contributed by atoms with Gasteiger partial charge in [-0.25, -0.2) is 0 Å². The molecule has 0 radical (unpaired) electrons. The van der Waals surface area contributed by atoms with Gasteiger partial charge in [0.1, 0.15) is 0 Å². The number of hydrogen-bond donors (Lipinski definition) is 2. The zero-order chi connectivity index (χ0) is 9.97. The van der Waals surface area contributed by atoms with E-state index in [9.17, 15) is 0 Å². The number of nitrogens with one attached hydrogen (secondary N) is 2. The average molecular weight is 193 g/mol. The summed E-state index contributed by atoms with van der Waals surface area (Å²) in [6.07, 6.45) is 4.24. The predicted octanol–water partition coefficient (Wildman–Crippen LogP) is 1.92. The average Bonchev–Trinajstić information content (AvgIpc) is 2.93. The highest BCUT2D eigenvalue weighted by Crippen LogP contribution is 2.31. The standard InChI is InChI=1S/C11H19N3/c1-8-11(9(2)14-13-8)7-12-6-5-10-3-4-10/h10,12H,3-7H2,1-2H3,(H,13,14). The van der Waals surface area contributed by atoms with Gasteiger partial charge in [-0.1, -0.05) is 12.8 Å². The fourth-order valence-corrected chi connectivity index (χ4v) is 1.76. The van der Waals surface area contributed by atoms with E-state index in [2.05, 4.69) is 29.4 Å².